The number of rotatable bonds is 9. The molecule has 3 rings (SSSR count). The number of carbonyl (C=O) groups is 1. The van der Waals surface area contributed by atoms with Crippen LogP contribution in [0.15, 0.2) is 72.8 Å². The SMILES string of the molecule is O=C(O)CCc1cc(Cl)ccc1OCCOc1ccc(-c2ccccc2)cc1. The van der Waals surface area contributed by atoms with Crippen molar-refractivity contribution >= 4 is 17.6 Å². The number of halogens is 1. The lowest BCUT2D eigenvalue weighted by Crippen LogP contribution is -2.10. The van der Waals surface area contributed by atoms with Gasteiger partial charge in [0.2, 0.25) is 0 Å². The lowest BCUT2D eigenvalue weighted by atomic mass is 10.1. The minimum atomic E-state index is -0.854. The topological polar surface area (TPSA) is 55.8 Å². The highest BCUT2D eigenvalue weighted by atomic mass is 35.5. The summed E-state index contributed by atoms with van der Waals surface area (Å²) in [6.45, 7) is 0.730. The van der Waals surface area contributed by atoms with Crippen molar-refractivity contribution in [3.05, 3.63) is 83.4 Å². The summed E-state index contributed by atoms with van der Waals surface area (Å²) in [6.07, 6.45) is 0.397. The Morgan fingerprint density at radius 3 is 2.25 bits per heavy atom. The molecule has 0 radical (unpaired) electrons. The Morgan fingerprint density at radius 2 is 1.54 bits per heavy atom. The van der Waals surface area contributed by atoms with Crippen molar-refractivity contribution in [3.8, 4) is 22.6 Å². The molecule has 0 aliphatic rings. The van der Waals surface area contributed by atoms with Crippen LogP contribution in [-0.2, 0) is 11.2 Å². The number of ether oxygens (including phenoxy) is 2. The number of carboxylic acids is 1. The quantitative estimate of drug-likeness (QED) is 0.486. The Labute approximate surface area is 169 Å². The molecule has 0 unspecified atom stereocenters. The molecule has 0 aliphatic carbocycles. The second-order valence-corrected chi connectivity index (χ2v) is 6.67. The molecule has 1 N–H and O–H groups in total. The fourth-order valence-corrected chi connectivity index (χ4v) is 3.01. The molecular formula is C23H21ClO4. The summed E-state index contributed by atoms with van der Waals surface area (Å²) < 4.78 is 11.5. The first kappa shape index (κ1) is 19.8. The number of hydrogen-bond acceptors (Lipinski definition) is 3. The molecule has 0 saturated carbocycles. The Kier molecular flexibility index (Phi) is 6.93. The normalized spacial score (nSPS) is 10.5. The first-order chi connectivity index (χ1) is 13.6. The number of aryl methyl sites for hydroxylation is 1. The maximum Gasteiger partial charge on any atom is 0.303 e. The Morgan fingerprint density at radius 1 is 0.857 bits per heavy atom. The summed E-state index contributed by atoms with van der Waals surface area (Å²) in [5.74, 6) is 0.548. The molecule has 0 fully saturated rings. The third-order valence-electron chi connectivity index (χ3n) is 4.20. The van der Waals surface area contributed by atoms with Gasteiger partial charge in [-0.3, -0.25) is 4.79 Å². The maximum atomic E-state index is 10.8. The van der Waals surface area contributed by atoms with E-state index in [0.29, 0.717) is 30.4 Å². The zero-order chi connectivity index (χ0) is 19.8. The van der Waals surface area contributed by atoms with Crippen molar-refractivity contribution in [2.24, 2.45) is 0 Å². The Balaban J connectivity index is 1.51. The van der Waals surface area contributed by atoms with Crippen molar-refractivity contribution in [3.63, 3.8) is 0 Å². The van der Waals surface area contributed by atoms with Crippen LogP contribution in [0.1, 0.15) is 12.0 Å². The minimum Gasteiger partial charge on any atom is -0.490 e. The highest BCUT2D eigenvalue weighted by Crippen LogP contribution is 2.25. The monoisotopic (exact) mass is 396 g/mol. The Hall–Kier alpha value is -2.98. The lowest BCUT2D eigenvalue weighted by molar-refractivity contribution is -0.136. The third kappa shape index (κ3) is 5.76. The minimum absolute atomic E-state index is 0.0287. The second kappa shape index (κ2) is 9.81. The van der Waals surface area contributed by atoms with Gasteiger partial charge in [0.1, 0.15) is 24.7 Å². The summed E-state index contributed by atoms with van der Waals surface area (Å²) in [6, 6.07) is 23.3. The molecule has 0 amide bonds. The number of carboxylic acid groups (broad SMARTS) is 1. The van der Waals surface area contributed by atoms with Gasteiger partial charge in [-0.05, 0) is 53.4 Å². The van der Waals surface area contributed by atoms with Crippen LogP contribution >= 0.6 is 11.6 Å². The van der Waals surface area contributed by atoms with Gasteiger partial charge in [-0.1, -0.05) is 54.1 Å². The Bertz CT molecular complexity index is 908. The molecule has 0 spiro atoms. The zero-order valence-electron chi connectivity index (χ0n) is 15.3. The molecule has 0 heterocycles. The number of hydrogen-bond donors (Lipinski definition) is 1. The number of aliphatic carboxylic acids is 1. The second-order valence-electron chi connectivity index (χ2n) is 6.23. The smallest absolute Gasteiger partial charge is 0.303 e. The van der Waals surface area contributed by atoms with Gasteiger partial charge in [0.15, 0.2) is 0 Å². The van der Waals surface area contributed by atoms with Crippen molar-refractivity contribution in [1.82, 2.24) is 0 Å². The van der Waals surface area contributed by atoms with E-state index in [0.717, 1.165) is 22.4 Å². The molecule has 5 heteroatoms. The first-order valence-electron chi connectivity index (χ1n) is 9.03. The van der Waals surface area contributed by atoms with Crippen molar-refractivity contribution < 1.29 is 19.4 Å². The molecule has 0 aliphatic heterocycles. The van der Waals surface area contributed by atoms with E-state index in [1.165, 1.54) is 0 Å². The average Bonchev–Trinajstić information content (AvgIpc) is 2.72. The van der Waals surface area contributed by atoms with E-state index in [-0.39, 0.29) is 6.42 Å². The third-order valence-corrected chi connectivity index (χ3v) is 4.44. The van der Waals surface area contributed by atoms with E-state index in [1.54, 1.807) is 18.2 Å². The van der Waals surface area contributed by atoms with Crippen LogP contribution in [0, 0.1) is 0 Å². The maximum absolute atomic E-state index is 10.8. The van der Waals surface area contributed by atoms with Crippen LogP contribution in [0.4, 0.5) is 0 Å². The van der Waals surface area contributed by atoms with E-state index < -0.39 is 5.97 Å². The van der Waals surface area contributed by atoms with Crippen molar-refractivity contribution in [2.45, 2.75) is 12.8 Å². The highest BCUT2D eigenvalue weighted by Gasteiger charge is 2.08. The summed E-state index contributed by atoms with van der Waals surface area (Å²) in [7, 11) is 0. The highest BCUT2D eigenvalue weighted by molar-refractivity contribution is 6.30. The van der Waals surface area contributed by atoms with Crippen LogP contribution in [-0.4, -0.2) is 24.3 Å². The van der Waals surface area contributed by atoms with Crippen molar-refractivity contribution in [1.29, 1.82) is 0 Å². The molecule has 144 valence electrons. The van der Waals surface area contributed by atoms with Gasteiger partial charge in [-0.25, -0.2) is 0 Å². The van der Waals surface area contributed by atoms with E-state index in [9.17, 15) is 4.79 Å². The molecular weight excluding hydrogens is 376 g/mol. The largest absolute Gasteiger partial charge is 0.490 e. The summed E-state index contributed by atoms with van der Waals surface area (Å²) in [5, 5.41) is 9.43. The van der Waals surface area contributed by atoms with E-state index in [4.69, 9.17) is 26.2 Å². The molecule has 4 nitrogen and oxygen atoms in total. The van der Waals surface area contributed by atoms with Crippen LogP contribution in [0.2, 0.25) is 5.02 Å². The summed E-state index contributed by atoms with van der Waals surface area (Å²) in [4.78, 5) is 10.8. The van der Waals surface area contributed by atoms with Gasteiger partial charge >= 0.3 is 5.97 Å². The predicted octanol–water partition coefficient (Wildman–Crippen LogP) is 5.48. The summed E-state index contributed by atoms with van der Waals surface area (Å²) in [5.41, 5.74) is 3.07. The van der Waals surface area contributed by atoms with E-state index in [1.807, 2.05) is 42.5 Å². The van der Waals surface area contributed by atoms with E-state index in [2.05, 4.69) is 12.1 Å². The molecule has 0 saturated heterocycles. The van der Waals surface area contributed by atoms with Crippen LogP contribution in [0.5, 0.6) is 11.5 Å². The van der Waals surface area contributed by atoms with Gasteiger partial charge in [0.05, 0.1) is 0 Å². The van der Waals surface area contributed by atoms with Crippen molar-refractivity contribution in [2.75, 3.05) is 13.2 Å². The zero-order valence-corrected chi connectivity index (χ0v) is 16.1. The fourth-order valence-electron chi connectivity index (χ4n) is 2.81. The molecule has 3 aromatic carbocycles. The predicted molar refractivity (Wildman–Crippen MR) is 110 cm³/mol. The van der Waals surface area contributed by atoms with E-state index >= 15 is 0 Å². The van der Waals surface area contributed by atoms with Gasteiger partial charge in [-0.15, -0.1) is 0 Å². The van der Waals surface area contributed by atoms with Gasteiger partial charge < -0.3 is 14.6 Å². The molecule has 0 aromatic heterocycles. The van der Waals surface area contributed by atoms with Gasteiger partial charge in [-0.2, -0.15) is 0 Å². The molecule has 0 atom stereocenters. The van der Waals surface area contributed by atoms with Gasteiger partial charge in [0, 0.05) is 11.4 Å². The lowest BCUT2D eigenvalue weighted by Gasteiger charge is -2.12. The molecule has 28 heavy (non-hydrogen) atoms. The van der Waals surface area contributed by atoms with Crippen LogP contribution in [0.3, 0.4) is 0 Å². The van der Waals surface area contributed by atoms with Crippen LogP contribution < -0.4 is 9.47 Å². The first-order valence-corrected chi connectivity index (χ1v) is 9.41. The van der Waals surface area contributed by atoms with Crippen LogP contribution in [0.25, 0.3) is 11.1 Å². The summed E-state index contributed by atoms with van der Waals surface area (Å²) >= 11 is 6.00. The number of benzene rings is 3. The molecule has 3 aromatic rings. The molecule has 0 bridgehead atoms. The van der Waals surface area contributed by atoms with Gasteiger partial charge in [0.25, 0.3) is 0 Å². The fraction of sp³-hybridized carbons (Fsp3) is 0.174. The standard InChI is InChI=1S/C23H21ClO4/c24-20-9-12-22(19(16-20)8-13-23(25)26)28-15-14-27-21-10-6-18(7-11-21)17-4-2-1-3-5-17/h1-7,9-12,16H,8,13-15H2,(H,25,26). The average molecular weight is 397 g/mol.